The average Bonchev–Trinajstić information content (AvgIpc) is 2.76. The number of nitrogens with zero attached hydrogens (tertiary/aromatic N) is 1. The molecule has 0 bridgehead atoms. The van der Waals surface area contributed by atoms with E-state index < -0.39 is 0 Å². The third-order valence-electron chi connectivity index (χ3n) is 5.84. The summed E-state index contributed by atoms with van der Waals surface area (Å²) >= 11 is 0. The Morgan fingerprint density at radius 2 is 1.86 bits per heavy atom. The summed E-state index contributed by atoms with van der Waals surface area (Å²) in [6.07, 6.45) is 1.47. The summed E-state index contributed by atoms with van der Waals surface area (Å²) in [5.74, 6) is 0.659. The predicted octanol–water partition coefficient (Wildman–Crippen LogP) is 1.26. The lowest BCUT2D eigenvalue weighted by atomic mass is 10.0. The van der Waals surface area contributed by atoms with Gasteiger partial charge in [-0.05, 0) is 30.3 Å². The zero-order chi connectivity index (χ0) is 20.4. The smallest absolute Gasteiger partial charge is 0.200 e. The van der Waals surface area contributed by atoms with Crippen LogP contribution in [0.5, 0.6) is 11.5 Å². The van der Waals surface area contributed by atoms with Crippen LogP contribution in [0.25, 0.3) is 22.1 Å². The van der Waals surface area contributed by atoms with Crippen molar-refractivity contribution in [3.63, 3.8) is 0 Å². The second-order valence-corrected chi connectivity index (χ2v) is 7.49. The van der Waals surface area contributed by atoms with E-state index >= 15 is 0 Å². The van der Waals surface area contributed by atoms with E-state index in [9.17, 15) is 9.90 Å². The summed E-state index contributed by atoms with van der Waals surface area (Å²) in [6.45, 7) is 7.82. The van der Waals surface area contributed by atoms with E-state index in [0.29, 0.717) is 28.6 Å². The monoisotopic (exact) mass is 394 g/mol. The maximum absolute atomic E-state index is 13.1. The number of hydrogen-bond acceptors (Lipinski definition) is 5. The second kappa shape index (κ2) is 8.27. The Morgan fingerprint density at radius 1 is 1.14 bits per heavy atom. The molecule has 1 fully saturated rings. The van der Waals surface area contributed by atoms with E-state index in [-0.39, 0.29) is 11.2 Å². The quantitative estimate of drug-likeness (QED) is 0.706. The van der Waals surface area contributed by atoms with Crippen LogP contribution in [0.15, 0.2) is 51.9 Å². The van der Waals surface area contributed by atoms with Gasteiger partial charge in [-0.1, -0.05) is 30.9 Å². The lowest BCUT2D eigenvalue weighted by Crippen LogP contribution is -3.13. The lowest BCUT2D eigenvalue weighted by molar-refractivity contribution is -0.918. The Bertz CT molecular complexity index is 1050. The largest absolute Gasteiger partial charge is 0.872 e. The standard InChI is InChI=1S/C23H26N2O4/c1-3-24-10-12-25(13-11-24)14-19-21(26)9-8-18-22(27)20(15-29-23(18)19)16-4-6-17(28-2)7-5-16/h4-9,15,26H,3,10-14H2,1-2H3. The molecule has 2 aromatic carbocycles. The Balaban J connectivity index is 1.68. The van der Waals surface area contributed by atoms with Gasteiger partial charge in [0.2, 0.25) is 5.43 Å². The van der Waals surface area contributed by atoms with E-state index in [2.05, 4.69) is 11.8 Å². The summed E-state index contributed by atoms with van der Waals surface area (Å²) in [5.41, 5.74) is 2.14. The third-order valence-corrected chi connectivity index (χ3v) is 5.84. The van der Waals surface area contributed by atoms with Crippen LogP contribution in [-0.4, -0.2) is 44.7 Å². The number of quaternary nitrogens is 1. The van der Waals surface area contributed by atoms with Crippen LogP contribution >= 0.6 is 0 Å². The highest BCUT2D eigenvalue weighted by Crippen LogP contribution is 2.27. The highest BCUT2D eigenvalue weighted by molar-refractivity contribution is 5.85. The SMILES string of the molecule is CCN1CC[NH+](Cc2c([O-])ccc3c(=O)c(-c4ccc(OC)cc4)coc23)CC1. The fourth-order valence-electron chi connectivity index (χ4n) is 3.99. The molecule has 0 saturated carbocycles. The number of likely N-dealkylation sites (N-methyl/N-ethyl adjacent to an activating group) is 1. The molecular weight excluding hydrogens is 368 g/mol. The molecule has 0 atom stereocenters. The van der Waals surface area contributed by atoms with Crippen LogP contribution in [0.4, 0.5) is 0 Å². The molecule has 0 spiro atoms. The normalized spacial score (nSPS) is 15.7. The first-order chi connectivity index (χ1) is 14.1. The van der Waals surface area contributed by atoms with Crippen molar-refractivity contribution in [3.05, 3.63) is 58.4 Å². The van der Waals surface area contributed by atoms with Crippen molar-refractivity contribution in [3.8, 4) is 22.6 Å². The van der Waals surface area contributed by atoms with Crippen molar-refractivity contribution in [2.45, 2.75) is 13.5 Å². The van der Waals surface area contributed by atoms with Crippen molar-refractivity contribution in [2.24, 2.45) is 0 Å². The van der Waals surface area contributed by atoms with Crippen LogP contribution in [-0.2, 0) is 6.54 Å². The van der Waals surface area contributed by atoms with E-state index in [0.717, 1.165) is 44.0 Å². The molecule has 1 N–H and O–H groups in total. The van der Waals surface area contributed by atoms with Gasteiger partial charge in [0.25, 0.3) is 0 Å². The number of rotatable bonds is 5. The Kier molecular flexibility index (Phi) is 5.56. The summed E-state index contributed by atoms with van der Waals surface area (Å²) in [6, 6.07) is 10.4. The van der Waals surface area contributed by atoms with Gasteiger partial charge in [0.15, 0.2) is 0 Å². The molecular formula is C23H26N2O4. The molecule has 0 amide bonds. The molecule has 0 unspecified atom stereocenters. The number of hydrogen-bond donors (Lipinski definition) is 1. The van der Waals surface area contributed by atoms with Crippen molar-refractivity contribution >= 4 is 11.0 Å². The topological polar surface area (TPSA) is 70.2 Å². The van der Waals surface area contributed by atoms with Crippen molar-refractivity contribution in [1.29, 1.82) is 0 Å². The molecule has 0 radical (unpaired) electrons. The minimum Gasteiger partial charge on any atom is -0.872 e. The fraction of sp³-hybridized carbons (Fsp3) is 0.348. The first-order valence-corrected chi connectivity index (χ1v) is 10.1. The number of methoxy groups -OCH3 is 1. The number of nitrogens with one attached hydrogen (secondary N) is 1. The molecule has 6 nitrogen and oxygen atoms in total. The highest BCUT2D eigenvalue weighted by Gasteiger charge is 2.21. The number of benzene rings is 2. The highest BCUT2D eigenvalue weighted by atomic mass is 16.5. The predicted molar refractivity (Wildman–Crippen MR) is 110 cm³/mol. The van der Waals surface area contributed by atoms with Crippen LogP contribution < -0.4 is 20.2 Å². The lowest BCUT2D eigenvalue weighted by Gasteiger charge is -2.32. The van der Waals surface area contributed by atoms with Crippen LogP contribution in [0.3, 0.4) is 0 Å². The zero-order valence-corrected chi connectivity index (χ0v) is 16.9. The van der Waals surface area contributed by atoms with E-state index in [1.54, 1.807) is 13.2 Å². The van der Waals surface area contributed by atoms with Gasteiger partial charge < -0.3 is 19.2 Å². The molecule has 3 aromatic rings. The molecule has 1 aliphatic heterocycles. The second-order valence-electron chi connectivity index (χ2n) is 7.49. The van der Waals surface area contributed by atoms with Crippen LogP contribution in [0, 0.1) is 0 Å². The van der Waals surface area contributed by atoms with Gasteiger partial charge in [-0.2, -0.15) is 0 Å². The van der Waals surface area contributed by atoms with Gasteiger partial charge in [-0.15, -0.1) is 0 Å². The first-order valence-electron chi connectivity index (χ1n) is 10.1. The summed E-state index contributed by atoms with van der Waals surface area (Å²) < 4.78 is 11.1. The number of ether oxygens (including phenoxy) is 1. The summed E-state index contributed by atoms with van der Waals surface area (Å²) in [4.78, 5) is 16.9. The first kappa shape index (κ1) is 19.5. The molecule has 1 saturated heterocycles. The summed E-state index contributed by atoms with van der Waals surface area (Å²) in [7, 11) is 1.60. The minimum absolute atomic E-state index is 0.0664. The molecule has 29 heavy (non-hydrogen) atoms. The van der Waals surface area contributed by atoms with Gasteiger partial charge >= 0.3 is 0 Å². The Labute approximate surface area is 169 Å². The third kappa shape index (κ3) is 3.86. The van der Waals surface area contributed by atoms with Crippen LogP contribution in [0.1, 0.15) is 12.5 Å². The Hall–Kier alpha value is -2.83. The molecule has 1 aliphatic rings. The zero-order valence-electron chi connectivity index (χ0n) is 16.9. The fourth-order valence-corrected chi connectivity index (χ4v) is 3.99. The maximum atomic E-state index is 13.1. The molecule has 1 aromatic heterocycles. The molecule has 0 aliphatic carbocycles. The van der Waals surface area contributed by atoms with Crippen LogP contribution in [0.2, 0.25) is 0 Å². The van der Waals surface area contributed by atoms with Crippen molar-refractivity contribution < 1.29 is 19.2 Å². The number of fused-ring (bicyclic) bond motifs is 1. The van der Waals surface area contributed by atoms with Gasteiger partial charge in [-0.25, -0.2) is 0 Å². The molecule has 2 heterocycles. The number of piperazine rings is 1. The van der Waals surface area contributed by atoms with E-state index in [1.165, 1.54) is 17.2 Å². The molecule has 6 heteroatoms. The van der Waals surface area contributed by atoms with Crippen molar-refractivity contribution in [1.82, 2.24) is 4.90 Å². The van der Waals surface area contributed by atoms with Gasteiger partial charge in [0.05, 0.1) is 31.1 Å². The molecule has 152 valence electrons. The summed E-state index contributed by atoms with van der Waals surface area (Å²) in [5, 5.41) is 13.0. The van der Waals surface area contributed by atoms with Gasteiger partial charge in [0, 0.05) is 18.7 Å². The van der Waals surface area contributed by atoms with E-state index in [4.69, 9.17) is 9.15 Å². The van der Waals surface area contributed by atoms with E-state index in [1.807, 2.05) is 24.3 Å². The van der Waals surface area contributed by atoms with Gasteiger partial charge in [-0.3, -0.25) is 9.69 Å². The van der Waals surface area contributed by atoms with Crippen molar-refractivity contribution in [2.75, 3.05) is 39.8 Å². The average molecular weight is 394 g/mol. The van der Waals surface area contributed by atoms with Gasteiger partial charge in [0.1, 0.15) is 24.1 Å². The Morgan fingerprint density at radius 3 is 2.52 bits per heavy atom. The minimum atomic E-state index is -0.122. The maximum Gasteiger partial charge on any atom is 0.200 e. The molecule has 4 rings (SSSR count).